The number of aryl methyl sites for hydroxylation is 2. The molecule has 1 heterocycles. The molecule has 0 atom stereocenters. The van der Waals surface area contributed by atoms with Crippen molar-refractivity contribution >= 4 is 11.6 Å². The van der Waals surface area contributed by atoms with Gasteiger partial charge in [-0.2, -0.15) is 4.98 Å². The van der Waals surface area contributed by atoms with E-state index in [2.05, 4.69) is 10.1 Å². The number of nitrogens with two attached hydrogens (primary N) is 2. The van der Waals surface area contributed by atoms with Crippen molar-refractivity contribution in [2.45, 2.75) is 13.8 Å². The molecule has 17 heavy (non-hydrogen) atoms. The topological polar surface area (TPSA) is 108 Å². The number of primary amides is 1. The number of carbonyl (C=O) groups excluding carboxylic acids is 1. The van der Waals surface area contributed by atoms with E-state index in [1.54, 1.807) is 0 Å². The maximum Gasteiger partial charge on any atom is 0.290 e. The van der Waals surface area contributed by atoms with Crippen LogP contribution in [0.25, 0.3) is 11.5 Å². The minimum absolute atomic E-state index is 0.154. The van der Waals surface area contributed by atoms with E-state index >= 15 is 0 Å². The third-order valence-corrected chi connectivity index (χ3v) is 2.41. The van der Waals surface area contributed by atoms with E-state index in [1.165, 1.54) is 0 Å². The quantitative estimate of drug-likeness (QED) is 0.752. The van der Waals surface area contributed by atoms with Gasteiger partial charge >= 0.3 is 0 Å². The third kappa shape index (κ3) is 1.96. The summed E-state index contributed by atoms with van der Waals surface area (Å²) in [5.41, 5.74) is 14.1. The lowest BCUT2D eigenvalue weighted by molar-refractivity contribution is 0.0987. The Kier molecular flexibility index (Phi) is 2.55. The summed E-state index contributed by atoms with van der Waals surface area (Å²) in [6.07, 6.45) is 0. The van der Waals surface area contributed by atoms with Crippen LogP contribution in [-0.2, 0) is 0 Å². The SMILES string of the molecule is Cc1cc(C)c(N)c(-c2nc(C(N)=O)no2)c1. The van der Waals surface area contributed by atoms with Crippen molar-refractivity contribution in [1.82, 2.24) is 10.1 Å². The van der Waals surface area contributed by atoms with E-state index < -0.39 is 5.91 Å². The summed E-state index contributed by atoms with van der Waals surface area (Å²) in [5.74, 6) is -0.690. The van der Waals surface area contributed by atoms with Gasteiger partial charge in [0.05, 0.1) is 5.56 Å². The van der Waals surface area contributed by atoms with Gasteiger partial charge in [0.2, 0.25) is 0 Å². The molecule has 1 amide bonds. The average Bonchev–Trinajstić information content (AvgIpc) is 2.72. The first-order valence-electron chi connectivity index (χ1n) is 4.99. The van der Waals surface area contributed by atoms with Crippen LogP contribution >= 0.6 is 0 Å². The summed E-state index contributed by atoms with van der Waals surface area (Å²) < 4.78 is 4.96. The lowest BCUT2D eigenvalue weighted by atomic mass is 10.0. The lowest BCUT2D eigenvalue weighted by Gasteiger charge is -2.06. The number of aromatic nitrogens is 2. The lowest BCUT2D eigenvalue weighted by Crippen LogP contribution is -2.12. The molecule has 0 saturated carbocycles. The van der Waals surface area contributed by atoms with Gasteiger partial charge in [-0.3, -0.25) is 4.79 Å². The molecule has 6 heteroatoms. The molecule has 88 valence electrons. The summed E-state index contributed by atoms with van der Waals surface area (Å²) >= 11 is 0. The predicted molar refractivity (Wildman–Crippen MR) is 62.1 cm³/mol. The van der Waals surface area contributed by atoms with Crippen LogP contribution in [0.3, 0.4) is 0 Å². The second-order valence-electron chi connectivity index (χ2n) is 3.83. The highest BCUT2D eigenvalue weighted by atomic mass is 16.5. The smallest absolute Gasteiger partial charge is 0.290 e. The second-order valence-corrected chi connectivity index (χ2v) is 3.83. The van der Waals surface area contributed by atoms with E-state index in [-0.39, 0.29) is 11.7 Å². The number of benzene rings is 1. The monoisotopic (exact) mass is 232 g/mol. The Labute approximate surface area is 97.6 Å². The van der Waals surface area contributed by atoms with Crippen molar-refractivity contribution in [1.29, 1.82) is 0 Å². The van der Waals surface area contributed by atoms with Crippen LogP contribution in [0.1, 0.15) is 21.7 Å². The molecular formula is C11H12N4O2. The average molecular weight is 232 g/mol. The van der Waals surface area contributed by atoms with Gasteiger partial charge in [0.1, 0.15) is 0 Å². The number of hydrogen-bond donors (Lipinski definition) is 2. The molecule has 0 aliphatic heterocycles. The normalized spacial score (nSPS) is 10.5. The van der Waals surface area contributed by atoms with Gasteiger partial charge < -0.3 is 16.0 Å². The molecule has 0 spiro atoms. The number of hydrogen-bond acceptors (Lipinski definition) is 5. The molecule has 0 unspecified atom stereocenters. The van der Waals surface area contributed by atoms with Gasteiger partial charge in [-0.1, -0.05) is 11.2 Å². The fourth-order valence-corrected chi connectivity index (χ4v) is 1.59. The minimum Gasteiger partial charge on any atom is -0.398 e. The molecule has 0 bridgehead atoms. The second kappa shape index (κ2) is 3.89. The number of rotatable bonds is 2. The Balaban J connectivity index is 2.56. The largest absolute Gasteiger partial charge is 0.398 e. The van der Waals surface area contributed by atoms with Gasteiger partial charge in [-0.15, -0.1) is 0 Å². The molecule has 0 aliphatic rings. The Morgan fingerprint density at radius 3 is 2.65 bits per heavy atom. The number of carbonyl (C=O) groups is 1. The van der Waals surface area contributed by atoms with Crippen molar-refractivity contribution in [2.24, 2.45) is 5.73 Å². The molecule has 0 saturated heterocycles. The highest BCUT2D eigenvalue weighted by Gasteiger charge is 2.16. The minimum atomic E-state index is -0.733. The Morgan fingerprint density at radius 2 is 2.06 bits per heavy atom. The summed E-state index contributed by atoms with van der Waals surface area (Å²) in [7, 11) is 0. The maximum atomic E-state index is 10.9. The van der Waals surface area contributed by atoms with Gasteiger partial charge in [0, 0.05) is 5.69 Å². The number of nitrogen functional groups attached to an aromatic ring is 1. The van der Waals surface area contributed by atoms with Crippen molar-refractivity contribution in [2.75, 3.05) is 5.73 Å². The summed E-state index contributed by atoms with van der Waals surface area (Å²) in [6, 6.07) is 3.77. The highest BCUT2D eigenvalue weighted by molar-refractivity contribution is 5.89. The van der Waals surface area contributed by atoms with E-state index in [9.17, 15) is 4.79 Å². The van der Waals surface area contributed by atoms with Crippen LogP contribution in [0.4, 0.5) is 5.69 Å². The zero-order chi connectivity index (χ0) is 12.6. The number of nitrogens with zero attached hydrogens (tertiary/aromatic N) is 2. The Hall–Kier alpha value is -2.37. The molecule has 6 nitrogen and oxygen atoms in total. The zero-order valence-corrected chi connectivity index (χ0v) is 9.52. The van der Waals surface area contributed by atoms with E-state index in [0.717, 1.165) is 11.1 Å². The van der Waals surface area contributed by atoms with E-state index in [0.29, 0.717) is 11.3 Å². The van der Waals surface area contributed by atoms with Crippen LogP contribution in [0, 0.1) is 13.8 Å². The van der Waals surface area contributed by atoms with E-state index in [4.69, 9.17) is 16.0 Å². The van der Waals surface area contributed by atoms with Gasteiger partial charge in [-0.05, 0) is 31.0 Å². The Morgan fingerprint density at radius 1 is 1.35 bits per heavy atom. The predicted octanol–water partition coefficient (Wildman–Crippen LogP) is 1.03. The molecule has 4 N–H and O–H groups in total. The van der Waals surface area contributed by atoms with Gasteiger partial charge in [0.25, 0.3) is 17.6 Å². The maximum absolute atomic E-state index is 10.9. The first-order valence-corrected chi connectivity index (χ1v) is 4.99. The zero-order valence-electron chi connectivity index (χ0n) is 9.52. The molecular weight excluding hydrogens is 220 g/mol. The van der Waals surface area contributed by atoms with Crippen LogP contribution in [0.15, 0.2) is 16.7 Å². The summed E-state index contributed by atoms with van der Waals surface area (Å²) in [4.78, 5) is 14.8. The standard InChI is InChI=1S/C11H12N4O2/c1-5-3-6(2)8(12)7(4-5)11-14-10(9(13)16)15-17-11/h3-4H,12H2,1-2H3,(H2,13,16). The van der Waals surface area contributed by atoms with E-state index in [1.807, 2.05) is 26.0 Å². The first-order chi connectivity index (χ1) is 7.99. The van der Waals surface area contributed by atoms with Crippen molar-refractivity contribution in [3.05, 3.63) is 29.1 Å². The molecule has 1 aromatic carbocycles. The summed E-state index contributed by atoms with van der Waals surface area (Å²) in [5, 5.41) is 3.48. The third-order valence-electron chi connectivity index (χ3n) is 2.41. The Bertz CT molecular complexity index is 589. The van der Waals surface area contributed by atoms with Crippen molar-refractivity contribution in [3.63, 3.8) is 0 Å². The number of anilines is 1. The highest BCUT2D eigenvalue weighted by Crippen LogP contribution is 2.28. The van der Waals surface area contributed by atoms with Crippen LogP contribution in [0.2, 0.25) is 0 Å². The van der Waals surface area contributed by atoms with Crippen LogP contribution in [-0.4, -0.2) is 16.0 Å². The van der Waals surface area contributed by atoms with Crippen LogP contribution < -0.4 is 11.5 Å². The van der Waals surface area contributed by atoms with Gasteiger partial charge in [-0.25, -0.2) is 0 Å². The molecule has 0 radical (unpaired) electrons. The van der Waals surface area contributed by atoms with Crippen molar-refractivity contribution < 1.29 is 9.32 Å². The molecule has 2 aromatic rings. The fourth-order valence-electron chi connectivity index (χ4n) is 1.59. The summed E-state index contributed by atoms with van der Waals surface area (Å²) in [6.45, 7) is 3.82. The first kappa shape index (κ1) is 11.1. The van der Waals surface area contributed by atoms with Crippen molar-refractivity contribution in [3.8, 4) is 11.5 Å². The number of amides is 1. The fraction of sp³-hybridized carbons (Fsp3) is 0.182. The van der Waals surface area contributed by atoms with Crippen LogP contribution in [0.5, 0.6) is 0 Å². The molecule has 1 aromatic heterocycles. The van der Waals surface area contributed by atoms with Gasteiger partial charge in [0.15, 0.2) is 0 Å². The molecule has 2 rings (SSSR count). The molecule has 0 aliphatic carbocycles. The molecule has 0 fully saturated rings.